The van der Waals surface area contributed by atoms with Gasteiger partial charge in [0.25, 0.3) is 0 Å². The molecule has 0 heterocycles. The highest BCUT2D eigenvalue weighted by Crippen LogP contribution is 2.59. The molecule has 3 saturated carbocycles. The van der Waals surface area contributed by atoms with Gasteiger partial charge in [0.1, 0.15) is 17.3 Å². The van der Waals surface area contributed by atoms with E-state index in [-0.39, 0.29) is 11.7 Å². The van der Waals surface area contributed by atoms with Crippen LogP contribution < -0.4 is 5.32 Å². The van der Waals surface area contributed by atoms with Crippen molar-refractivity contribution in [3.63, 3.8) is 0 Å². The molecule has 102 valence electrons. The molecule has 0 saturated heterocycles. The van der Waals surface area contributed by atoms with E-state index in [4.69, 9.17) is 0 Å². The molecule has 5 atom stereocenters. The number of halogens is 2. The number of hydrogen-bond acceptors (Lipinski definition) is 1. The molecular formula is C16H19F2N. The molecule has 0 radical (unpaired) electrons. The van der Waals surface area contributed by atoms with Crippen LogP contribution in [-0.2, 0) is 0 Å². The van der Waals surface area contributed by atoms with Crippen molar-refractivity contribution in [2.45, 2.75) is 38.1 Å². The molecular weight excluding hydrogens is 244 g/mol. The topological polar surface area (TPSA) is 12.0 Å². The molecule has 3 fully saturated rings. The second kappa shape index (κ2) is 4.19. The van der Waals surface area contributed by atoms with Gasteiger partial charge >= 0.3 is 0 Å². The Balaban J connectivity index is 1.56. The van der Waals surface area contributed by atoms with Gasteiger partial charge in [-0.2, -0.15) is 0 Å². The van der Waals surface area contributed by atoms with Crippen LogP contribution in [0.3, 0.4) is 0 Å². The van der Waals surface area contributed by atoms with Gasteiger partial charge in [-0.25, -0.2) is 8.78 Å². The Bertz CT molecular complexity index is 481. The van der Waals surface area contributed by atoms with Crippen LogP contribution in [-0.4, -0.2) is 6.04 Å². The molecule has 3 heteroatoms. The largest absolute Gasteiger partial charge is 0.377 e. The predicted molar refractivity (Wildman–Crippen MR) is 70.8 cm³/mol. The first kappa shape index (κ1) is 11.7. The molecule has 19 heavy (non-hydrogen) atoms. The van der Waals surface area contributed by atoms with Crippen LogP contribution in [0.15, 0.2) is 18.2 Å². The highest BCUT2D eigenvalue weighted by Gasteiger charge is 2.53. The molecule has 1 aromatic carbocycles. The Morgan fingerprint density at radius 2 is 1.68 bits per heavy atom. The van der Waals surface area contributed by atoms with Crippen LogP contribution in [0.5, 0.6) is 0 Å². The fourth-order valence-corrected chi connectivity index (χ4v) is 5.06. The Kier molecular flexibility index (Phi) is 2.58. The predicted octanol–water partition coefficient (Wildman–Crippen LogP) is 4.20. The maximum absolute atomic E-state index is 13.7. The average molecular weight is 263 g/mol. The van der Waals surface area contributed by atoms with E-state index in [1.54, 1.807) is 0 Å². The van der Waals surface area contributed by atoms with Crippen molar-refractivity contribution in [1.29, 1.82) is 0 Å². The third-order valence-corrected chi connectivity index (χ3v) is 5.72. The van der Waals surface area contributed by atoms with Crippen LogP contribution >= 0.6 is 0 Å². The molecule has 1 nitrogen and oxygen atoms in total. The van der Waals surface area contributed by atoms with Gasteiger partial charge in [-0.3, -0.25) is 0 Å². The summed E-state index contributed by atoms with van der Waals surface area (Å²) >= 11 is 0. The molecule has 0 aliphatic heterocycles. The van der Waals surface area contributed by atoms with Gasteiger partial charge in [-0.15, -0.1) is 0 Å². The summed E-state index contributed by atoms with van der Waals surface area (Å²) in [5, 5.41) is 3.17. The van der Waals surface area contributed by atoms with Gasteiger partial charge in [-0.05, 0) is 61.5 Å². The van der Waals surface area contributed by atoms with Crippen LogP contribution in [0.1, 0.15) is 32.1 Å². The standard InChI is InChI=1S/C16H19F2N/c17-13-5-2-6-14(18)16(13)19-15-8-9-7-12(15)11-4-1-3-10(9)11/h2,5-6,9-12,15,19H,1,3-4,7-8H2. The minimum atomic E-state index is -0.467. The second-order valence-electron chi connectivity index (χ2n) is 6.50. The van der Waals surface area contributed by atoms with Gasteiger partial charge in [0.05, 0.1) is 0 Å². The summed E-state index contributed by atoms with van der Waals surface area (Å²) in [4.78, 5) is 0. The van der Waals surface area contributed by atoms with E-state index in [1.165, 1.54) is 43.9 Å². The highest BCUT2D eigenvalue weighted by atomic mass is 19.1. The molecule has 3 aliphatic rings. The fraction of sp³-hybridized carbons (Fsp3) is 0.625. The zero-order chi connectivity index (χ0) is 13.0. The summed E-state index contributed by atoms with van der Waals surface area (Å²) in [6.07, 6.45) is 6.42. The van der Waals surface area contributed by atoms with Gasteiger partial charge in [0.2, 0.25) is 0 Å². The lowest BCUT2D eigenvalue weighted by Gasteiger charge is -2.32. The van der Waals surface area contributed by atoms with E-state index < -0.39 is 11.6 Å². The third kappa shape index (κ3) is 1.70. The Morgan fingerprint density at radius 3 is 2.47 bits per heavy atom. The van der Waals surface area contributed by atoms with E-state index in [0.717, 1.165) is 24.2 Å². The van der Waals surface area contributed by atoms with Gasteiger partial charge < -0.3 is 5.32 Å². The van der Waals surface area contributed by atoms with Crippen LogP contribution in [0.25, 0.3) is 0 Å². The van der Waals surface area contributed by atoms with Gasteiger partial charge in [-0.1, -0.05) is 12.5 Å². The summed E-state index contributed by atoms with van der Waals surface area (Å²) < 4.78 is 27.4. The number of anilines is 1. The van der Waals surface area contributed by atoms with Crippen LogP contribution in [0.4, 0.5) is 14.5 Å². The Labute approximate surface area is 112 Å². The normalized spacial score (nSPS) is 39.6. The molecule has 4 rings (SSSR count). The first-order chi connectivity index (χ1) is 9.24. The van der Waals surface area contributed by atoms with E-state index in [2.05, 4.69) is 5.32 Å². The smallest absolute Gasteiger partial charge is 0.149 e. The number of rotatable bonds is 2. The van der Waals surface area contributed by atoms with Crippen molar-refractivity contribution in [1.82, 2.24) is 0 Å². The van der Waals surface area contributed by atoms with Crippen LogP contribution in [0, 0.1) is 35.3 Å². The highest BCUT2D eigenvalue weighted by molar-refractivity contribution is 5.47. The maximum Gasteiger partial charge on any atom is 0.149 e. The number of benzene rings is 1. The zero-order valence-electron chi connectivity index (χ0n) is 10.9. The monoisotopic (exact) mass is 263 g/mol. The second-order valence-corrected chi connectivity index (χ2v) is 6.50. The maximum atomic E-state index is 13.7. The fourth-order valence-electron chi connectivity index (χ4n) is 5.06. The van der Waals surface area contributed by atoms with Gasteiger partial charge in [0.15, 0.2) is 0 Å². The average Bonchev–Trinajstić information content (AvgIpc) is 3.05. The summed E-state index contributed by atoms with van der Waals surface area (Å²) in [5.41, 5.74) is 0.0783. The SMILES string of the molecule is Fc1cccc(F)c1NC1CC2CC1C1CCCC21. The molecule has 1 N–H and O–H groups in total. The summed E-state index contributed by atoms with van der Waals surface area (Å²) in [6, 6.07) is 4.35. The first-order valence-electron chi connectivity index (χ1n) is 7.44. The quantitative estimate of drug-likeness (QED) is 0.843. The molecule has 2 bridgehead atoms. The lowest BCUT2D eigenvalue weighted by molar-refractivity contribution is 0.242. The minimum absolute atomic E-state index is 0.0783. The number of nitrogens with one attached hydrogen (secondary N) is 1. The van der Waals surface area contributed by atoms with Crippen molar-refractivity contribution in [2.75, 3.05) is 5.32 Å². The molecule has 3 aliphatic carbocycles. The van der Waals surface area contributed by atoms with E-state index in [9.17, 15) is 8.78 Å². The van der Waals surface area contributed by atoms with Crippen molar-refractivity contribution < 1.29 is 8.78 Å². The summed E-state index contributed by atoms with van der Waals surface area (Å²) in [6.45, 7) is 0. The summed E-state index contributed by atoms with van der Waals surface area (Å²) in [5.74, 6) is 2.22. The van der Waals surface area contributed by atoms with Gasteiger partial charge in [0, 0.05) is 6.04 Å². The Hall–Kier alpha value is -1.12. The van der Waals surface area contributed by atoms with Crippen LogP contribution in [0.2, 0.25) is 0 Å². The molecule has 1 aromatic rings. The Morgan fingerprint density at radius 1 is 0.947 bits per heavy atom. The molecule has 5 unspecified atom stereocenters. The molecule has 0 amide bonds. The van der Waals surface area contributed by atoms with E-state index in [1.807, 2.05) is 0 Å². The minimum Gasteiger partial charge on any atom is -0.377 e. The van der Waals surface area contributed by atoms with Crippen molar-refractivity contribution in [2.24, 2.45) is 23.7 Å². The zero-order valence-corrected chi connectivity index (χ0v) is 10.9. The third-order valence-electron chi connectivity index (χ3n) is 5.72. The van der Waals surface area contributed by atoms with E-state index >= 15 is 0 Å². The number of fused-ring (bicyclic) bond motifs is 5. The van der Waals surface area contributed by atoms with Crippen molar-refractivity contribution in [3.05, 3.63) is 29.8 Å². The molecule has 0 spiro atoms. The van der Waals surface area contributed by atoms with Crippen molar-refractivity contribution in [3.8, 4) is 0 Å². The number of hydrogen-bond donors (Lipinski definition) is 1. The van der Waals surface area contributed by atoms with E-state index in [0.29, 0.717) is 5.92 Å². The lowest BCUT2D eigenvalue weighted by Crippen LogP contribution is -2.34. The molecule has 0 aromatic heterocycles. The summed E-state index contributed by atoms with van der Waals surface area (Å²) in [7, 11) is 0. The first-order valence-corrected chi connectivity index (χ1v) is 7.44. The van der Waals surface area contributed by atoms with Crippen molar-refractivity contribution >= 4 is 5.69 Å². The number of para-hydroxylation sites is 1. The lowest BCUT2D eigenvalue weighted by atomic mass is 9.79.